The van der Waals surface area contributed by atoms with Gasteiger partial charge in [0.05, 0.1) is 20.5 Å². The normalized spacial score (nSPS) is 11.6. The summed E-state index contributed by atoms with van der Waals surface area (Å²) in [4.78, 5) is 14.0. The Kier molecular flexibility index (Phi) is 4.74. The van der Waals surface area contributed by atoms with Gasteiger partial charge in [-0.05, 0) is 31.5 Å². The minimum atomic E-state index is -0.182. The predicted octanol–water partition coefficient (Wildman–Crippen LogP) is 4.18. The van der Waals surface area contributed by atoms with Crippen LogP contribution in [0.25, 0.3) is 0 Å². The van der Waals surface area contributed by atoms with Crippen LogP contribution in [0, 0.1) is 0 Å². The summed E-state index contributed by atoms with van der Waals surface area (Å²) in [5.41, 5.74) is 3.96. The maximum absolute atomic E-state index is 11.9. The van der Waals surface area contributed by atoms with Crippen LogP contribution < -0.4 is 5.43 Å². The van der Waals surface area contributed by atoms with Gasteiger partial charge < -0.3 is 0 Å². The van der Waals surface area contributed by atoms with Gasteiger partial charge in [0.25, 0.3) is 5.91 Å². The second-order valence-electron chi connectivity index (χ2n) is 3.90. The minimum Gasteiger partial charge on any atom is -0.267 e. The zero-order valence-electron chi connectivity index (χ0n) is 10.6. The molecule has 0 unspecified atom stereocenters. The summed E-state index contributed by atoms with van der Waals surface area (Å²) in [5.74, 6) is -0.182. The van der Waals surface area contributed by atoms with Gasteiger partial charge in [-0.3, -0.25) is 4.79 Å². The lowest BCUT2D eigenvalue weighted by Crippen LogP contribution is -2.18. The van der Waals surface area contributed by atoms with Crippen molar-refractivity contribution in [3.05, 3.63) is 43.2 Å². The lowest BCUT2D eigenvalue weighted by molar-refractivity contribution is 0.0955. The Bertz CT molecular complexity index is 616. The summed E-state index contributed by atoms with van der Waals surface area (Å²) in [6, 6.07) is 5.60. The van der Waals surface area contributed by atoms with Gasteiger partial charge in [0.15, 0.2) is 0 Å². The van der Waals surface area contributed by atoms with Gasteiger partial charge >= 0.3 is 0 Å². The van der Waals surface area contributed by atoms with Gasteiger partial charge in [-0.15, -0.1) is 22.7 Å². The van der Waals surface area contributed by atoms with E-state index in [-0.39, 0.29) is 5.91 Å². The van der Waals surface area contributed by atoms with Crippen LogP contribution in [0.3, 0.4) is 0 Å². The highest BCUT2D eigenvalue weighted by Gasteiger charge is 2.08. The molecule has 1 amide bonds. The highest BCUT2D eigenvalue weighted by molar-refractivity contribution is 7.18. The van der Waals surface area contributed by atoms with Crippen molar-refractivity contribution in [3.63, 3.8) is 0 Å². The second kappa shape index (κ2) is 6.32. The van der Waals surface area contributed by atoms with Crippen molar-refractivity contribution >= 4 is 45.9 Å². The van der Waals surface area contributed by atoms with Crippen molar-refractivity contribution in [2.75, 3.05) is 0 Å². The second-order valence-corrected chi connectivity index (χ2v) is 6.61. The zero-order chi connectivity index (χ0) is 13.8. The highest BCUT2D eigenvalue weighted by Crippen LogP contribution is 2.21. The third-order valence-electron chi connectivity index (χ3n) is 2.52. The summed E-state index contributed by atoms with van der Waals surface area (Å²) in [6.45, 7) is 3.91. The molecule has 6 heteroatoms. The molecule has 0 aromatic carbocycles. The zero-order valence-corrected chi connectivity index (χ0v) is 13.0. The van der Waals surface area contributed by atoms with Crippen molar-refractivity contribution in [2.24, 2.45) is 5.10 Å². The van der Waals surface area contributed by atoms with E-state index in [9.17, 15) is 4.79 Å². The topological polar surface area (TPSA) is 41.5 Å². The van der Waals surface area contributed by atoms with Crippen LogP contribution in [0.5, 0.6) is 0 Å². The van der Waals surface area contributed by atoms with E-state index >= 15 is 0 Å². The summed E-state index contributed by atoms with van der Waals surface area (Å²) < 4.78 is 0.710. The van der Waals surface area contributed by atoms with Gasteiger partial charge in [0.1, 0.15) is 0 Å². The van der Waals surface area contributed by atoms with Crippen LogP contribution >= 0.6 is 34.3 Å². The molecule has 0 atom stereocenters. The lowest BCUT2D eigenvalue weighted by atomic mass is 10.3. The third kappa shape index (κ3) is 3.65. The summed E-state index contributed by atoms with van der Waals surface area (Å²) >= 11 is 8.88. The molecule has 2 heterocycles. The number of carbonyl (C=O) groups is 1. The van der Waals surface area contributed by atoms with Gasteiger partial charge in [0.2, 0.25) is 0 Å². The molecule has 0 saturated heterocycles. The summed E-state index contributed by atoms with van der Waals surface area (Å²) in [7, 11) is 0. The van der Waals surface area contributed by atoms with Crippen LogP contribution in [0.2, 0.25) is 4.34 Å². The van der Waals surface area contributed by atoms with Crippen molar-refractivity contribution in [1.82, 2.24) is 5.43 Å². The number of aryl methyl sites for hydroxylation is 1. The van der Waals surface area contributed by atoms with E-state index in [0.717, 1.165) is 17.0 Å². The molecular weight excluding hydrogens is 300 g/mol. The van der Waals surface area contributed by atoms with E-state index in [1.165, 1.54) is 16.2 Å². The molecule has 0 bridgehead atoms. The molecule has 2 rings (SSSR count). The number of nitrogens with zero attached hydrogens (tertiary/aromatic N) is 1. The molecule has 2 aromatic rings. The van der Waals surface area contributed by atoms with E-state index in [4.69, 9.17) is 11.6 Å². The lowest BCUT2D eigenvalue weighted by Gasteiger charge is -1.99. The van der Waals surface area contributed by atoms with Crippen molar-refractivity contribution < 1.29 is 4.79 Å². The number of amides is 1. The molecule has 0 aliphatic carbocycles. The Morgan fingerprint density at radius 2 is 2.26 bits per heavy atom. The number of hydrogen-bond acceptors (Lipinski definition) is 4. The van der Waals surface area contributed by atoms with E-state index in [1.807, 2.05) is 30.5 Å². The molecular formula is C13H13ClN2OS2. The van der Waals surface area contributed by atoms with Crippen LogP contribution in [0.1, 0.15) is 34.0 Å². The summed E-state index contributed by atoms with van der Waals surface area (Å²) in [5, 5.41) is 5.94. The molecule has 0 radical (unpaired) electrons. The van der Waals surface area contributed by atoms with Crippen molar-refractivity contribution in [3.8, 4) is 0 Å². The van der Waals surface area contributed by atoms with Crippen LogP contribution in [0.4, 0.5) is 0 Å². The van der Waals surface area contributed by atoms with Crippen molar-refractivity contribution in [1.29, 1.82) is 0 Å². The number of halogens is 1. The molecule has 3 nitrogen and oxygen atoms in total. The molecule has 1 N–H and O–H groups in total. The number of carbonyl (C=O) groups excluding carboxylic acids is 1. The molecule has 0 aliphatic heterocycles. The van der Waals surface area contributed by atoms with E-state index < -0.39 is 0 Å². The SMILES string of the molecule is CCc1cc(C(=O)N/N=C(\C)c2ccc(Cl)s2)cs1. The molecule has 0 spiro atoms. The van der Waals surface area contributed by atoms with Crippen molar-refractivity contribution in [2.45, 2.75) is 20.3 Å². The first-order valence-electron chi connectivity index (χ1n) is 5.78. The van der Waals surface area contributed by atoms with Crippen LogP contribution in [0.15, 0.2) is 28.7 Å². The van der Waals surface area contributed by atoms with Gasteiger partial charge in [-0.25, -0.2) is 5.43 Å². The van der Waals surface area contributed by atoms with E-state index in [1.54, 1.807) is 11.3 Å². The Labute approximate surface area is 124 Å². The fraction of sp³-hybridized carbons (Fsp3) is 0.231. The number of rotatable bonds is 4. The Balaban J connectivity index is 2.03. The smallest absolute Gasteiger partial charge is 0.267 e. The number of nitrogens with one attached hydrogen (secondary N) is 1. The van der Waals surface area contributed by atoms with E-state index in [0.29, 0.717) is 9.90 Å². The Morgan fingerprint density at radius 3 is 2.84 bits per heavy atom. The summed E-state index contributed by atoms with van der Waals surface area (Å²) in [6.07, 6.45) is 0.938. The molecule has 2 aromatic heterocycles. The molecule has 19 heavy (non-hydrogen) atoms. The first kappa shape index (κ1) is 14.2. The largest absolute Gasteiger partial charge is 0.272 e. The fourth-order valence-corrected chi connectivity index (χ4v) is 3.25. The molecule has 100 valence electrons. The number of hydrogen-bond donors (Lipinski definition) is 1. The quantitative estimate of drug-likeness (QED) is 0.668. The van der Waals surface area contributed by atoms with Crippen LogP contribution in [-0.2, 0) is 6.42 Å². The molecule has 0 fully saturated rings. The Hall–Kier alpha value is -1.17. The van der Waals surface area contributed by atoms with Gasteiger partial charge in [-0.2, -0.15) is 5.10 Å². The minimum absolute atomic E-state index is 0.182. The predicted molar refractivity (Wildman–Crippen MR) is 82.7 cm³/mol. The number of thiophene rings is 2. The van der Waals surface area contributed by atoms with Gasteiger partial charge in [-0.1, -0.05) is 18.5 Å². The molecule has 0 saturated carbocycles. The number of hydrazone groups is 1. The molecule has 0 aliphatic rings. The average Bonchev–Trinajstić information content (AvgIpc) is 3.04. The first-order chi connectivity index (χ1) is 9.10. The van der Waals surface area contributed by atoms with Crippen LogP contribution in [-0.4, -0.2) is 11.6 Å². The fourth-order valence-electron chi connectivity index (χ4n) is 1.45. The monoisotopic (exact) mass is 312 g/mol. The van der Waals surface area contributed by atoms with Gasteiger partial charge in [0, 0.05) is 10.3 Å². The average molecular weight is 313 g/mol. The van der Waals surface area contributed by atoms with E-state index in [2.05, 4.69) is 17.5 Å². The maximum Gasteiger partial charge on any atom is 0.272 e. The first-order valence-corrected chi connectivity index (χ1v) is 7.85. The third-order valence-corrected chi connectivity index (χ3v) is 4.94. The standard InChI is InChI=1S/C13H13ClN2OS2/c1-3-10-6-9(7-18-10)13(17)16-15-8(2)11-4-5-12(14)19-11/h4-7H,3H2,1-2H3,(H,16,17)/b15-8+. The maximum atomic E-state index is 11.9. The Morgan fingerprint density at radius 1 is 1.47 bits per heavy atom. The highest BCUT2D eigenvalue weighted by atomic mass is 35.5.